The van der Waals surface area contributed by atoms with E-state index in [1.54, 1.807) is 0 Å². The molecule has 8 rings (SSSR count). The molecule has 0 radical (unpaired) electrons. The summed E-state index contributed by atoms with van der Waals surface area (Å²) in [6.07, 6.45) is 11.4. The van der Waals surface area contributed by atoms with Crippen molar-refractivity contribution < 1.29 is 0 Å². The predicted molar refractivity (Wildman–Crippen MR) is 315 cm³/mol. The Balaban J connectivity index is 1.50. The number of benzene rings is 8. The molecule has 72 heavy (non-hydrogen) atoms. The molecule has 8 aromatic rings. The normalized spacial score (nSPS) is 11.8. The van der Waals surface area contributed by atoms with Crippen molar-refractivity contribution in [3.8, 4) is 33.4 Å². The minimum Gasteiger partial charge on any atom is -0.310 e. The van der Waals surface area contributed by atoms with E-state index in [0.717, 1.165) is 76.4 Å². The average molecular weight is 990 g/mol. The molecule has 0 unspecified atom stereocenters. The molecular formula is C68H74Cl2N2. The minimum absolute atomic E-state index is 0.123. The zero-order valence-corrected chi connectivity index (χ0v) is 45.6. The molecule has 0 aromatic heterocycles. The minimum atomic E-state index is -0.228. The van der Waals surface area contributed by atoms with Crippen molar-refractivity contribution in [2.24, 2.45) is 0 Å². The van der Waals surface area contributed by atoms with Gasteiger partial charge in [-0.2, -0.15) is 0 Å². The third-order valence-electron chi connectivity index (χ3n) is 14.0. The Kier molecular flexibility index (Phi) is 17.2. The molecule has 0 aliphatic rings. The number of hydrogen-bond donors (Lipinski definition) is 0. The predicted octanol–water partition coefficient (Wildman–Crippen LogP) is 21.8. The van der Waals surface area contributed by atoms with Crippen LogP contribution in [-0.4, -0.2) is 0 Å². The van der Waals surface area contributed by atoms with Gasteiger partial charge in [-0.15, -0.1) is 0 Å². The summed E-state index contributed by atoms with van der Waals surface area (Å²) in [6.45, 7) is 18.5. The standard InChI is InChI=1S/C68H74Cl2N2/c1-9-11-13-18-34-52-40-54(49-28-20-15-21-29-49)41-53(35-19-14-12-10-2)65(52)71(59-38-26-36-57(69)46-59)61-42-55(67(3,4)5)43-62(48-61)72(60-39-27-37-58(70)47-60)66-63(50-30-22-16-23-31-50)44-56(68(6,7)8)45-64(66)51-32-24-17-25-33-51/h15-17,20-33,36-48H,9-14,18-19,34-35H2,1-8H3. The van der Waals surface area contributed by atoms with Crippen LogP contribution in [-0.2, 0) is 23.7 Å². The van der Waals surface area contributed by atoms with Gasteiger partial charge in [0, 0.05) is 43.9 Å². The molecular weight excluding hydrogens is 916 g/mol. The first-order valence-corrected chi connectivity index (χ1v) is 27.3. The van der Waals surface area contributed by atoms with Crippen LogP contribution in [0, 0.1) is 0 Å². The van der Waals surface area contributed by atoms with Gasteiger partial charge in [0.2, 0.25) is 0 Å². The maximum absolute atomic E-state index is 7.09. The molecule has 0 saturated carbocycles. The Morgan fingerprint density at radius 2 is 0.750 bits per heavy atom. The van der Waals surface area contributed by atoms with Crippen LogP contribution in [0.2, 0.25) is 10.0 Å². The van der Waals surface area contributed by atoms with E-state index in [1.807, 2.05) is 12.1 Å². The van der Waals surface area contributed by atoms with Crippen molar-refractivity contribution in [2.75, 3.05) is 9.80 Å². The van der Waals surface area contributed by atoms with E-state index in [9.17, 15) is 0 Å². The lowest BCUT2D eigenvalue weighted by molar-refractivity contribution is 0.590. The van der Waals surface area contributed by atoms with Crippen molar-refractivity contribution in [1.29, 1.82) is 0 Å². The molecule has 8 aromatic carbocycles. The topological polar surface area (TPSA) is 6.48 Å². The SMILES string of the molecule is CCCCCCc1cc(-c2ccccc2)cc(CCCCCC)c1N(c1cccc(Cl)c1)c1cc(N(c2cccc(Cl)c2)c2c(-c3ccccc3)cc(C(C)(C)C)cc2-c2ccccc2)cc(C(C)(C)C)c1. The molecule has 2 nitrogen and oxygen atoms in total. The van der Waals surface area contributed by atoms with Gasteiger partial charge in [0.25, 0.3) is 0 Å². The average Bonchev–Trinajstić information content (AvgIpc) is 3.37. The Morgan fingerprint density at radius 1 is 0.347 bits per heavy atom. The second-order valence-corrected chi connectivity index (χ2v) is 22.5. The van der Waals surface area contributed by atoms with E-state index in [1.165, 1.54) is 77.6 Å². The van der Waals surface area contributed by atoms with Crippen LogP contribution in [0.25, 0.3) is 33.4 Å². The lowest BCUT2D eigenvalue weighted by Crippen LogP contribution is -2.20. The molecule has 370 valence electrons. The van der Waals surface area contributed by atoms with Gasteiger partial charge < -0.3 is 9.80 Å². The highest BCUT2D eigenvalue weighted by atomic mass is 35.5. The number of rotatable bonds is 19. The summed E-state index contributed by atoms with van der Waals surface area (Å²) in [5.74, 6) is 0. The fourth-order valence-corrected chi connectivity index (χ4v) is 10.4. The molecule has 0 fully saturated rings. The summed E-state index contributed by atoms with van der Waals surface area (Å²) in [5, 5.41) is 1.39. The highest BCUT2D eigenvalue weighted by Gasteiger charge is 2.30. The Morgan fingerprint density at radius 3 is 1.15 bits per heavy atom. The first-order valence-electron chi connectivity index (χ1n) is 26.5. The van der Waals surface area contributed by atoms with Gasteiger partial charge >= 0.3 is 0 Å². The van der Waals surface area contributed by atoms with E-state index < -0.39 is 0 Å². The van der Waals surface area contributed by atoms with Crippen LogP contribution in [0.1, 0.15) is 129 Å². The molecule has 4 heteroatoms. The fourth-order valence-electron chi connectivity index (χ4n) is 10.0. The van der Waals surface area contributed by atoms with Crippen LogP contribution in [0.3, 0.4) is 0 Å². The van der Waals surface area contributed by atoms with Gasteiger partial charge in [0.1, 0.15) is 0 Å². The van der Waals surface area contributed by atoms with Gasteiger partial charge in [-0.05, 0) is 160 Å². The van der Waals surface area contributed by atoms with E-state index in [0.29, 0.717) is 10.0 Å². The number of nitrogens with zero attached hydrogens (tertiary/aromatic N) is 2. The number of hydrogen-bond acceptors (Lipinski definition) is 2. The van der Waals surface area contributed by atoms with Crippen LogP contribution < -0.4 is 9.80 Å². The van der Waals surface area contributed by atoms with E-state index >= 15 is 0 Å². The summed E-state index contributed by atoms with van der Waals surface area (Å²) in [7, 11) is 0. The smallest absolute Gasteiger partial charge is 0.0618 e. The Labute approximate surface area is 442 Å². The van der Waals surface area contributed by atoms with Crippen molar-refractivity contribution in [1.82, 2.24) is 0 Å². The number of anilines is 6. The summed E-state index contributed by atoms with van der Waals surface area (Å²) >= 11 is 14.2. The fraction of sp³-hybridized carbons (Fsp3) is 0.294. The van der Waals surface area contributed by atoms with Crippen molar-refractivity contribution in [3.63, 3.8) is 0 Å². The number of halogens is 2. The van der Waals surface area contributed by atoms with Crippen molar-refractivity contribution in [3.05, 3.63) is 214 Å². The summed E-state index contributed by atoms with van der Waals surface area (Å²) in [4.78, 5) is 5.03. The molecule has 0 atom stereocenters. The van der Waals surface area contributed by atoms with E-state index in [2.05, 4.69) is 235 Å². The van der Waals surface area contributed by atoms with Gasteiger partial charge in [0.05, 0.1) is 11.4 Å². The lowest BCUT2D eigenvalue weighted by Gasteiger charge is -2.36. The van der Waals surface area contributed by atoms with Gasteiger partial charge in [0.15, 0.2) is 0 Å². The zero-order chi connectivity index (χ0) is 50.8. The molecule has 0 saturated heterocycles. The molecule has 0 aliphatic heterocycles. The van der Waals surface area contributed by atoms with Crippen LogP contribution in [0.4, 0.5) is 34.1 Å². The van der Waals surface area contributed by atoms with Gasteiger partial charge in [-0.3, -0.25) is 0 Å². The quantitative estimate of drug-likeness (QED) is 0.0745. The Bertz CT molecular complexity index is 2940. The highest BCUT2D eigenvalue weighted by Crippen LogP contribution is 2.52. The molecule has 0 heterocycles. The number of aryl methyl sites for hydroxylation is 2. The van der Waals surface area contributed by atoms with Crippen LogP contribution >= 0.6 is 23.2 Å². The first-order chi connectivity index (χ1) is 34.7. The van der Waals surface area contributed by atoms with Gasteiger partial charge in [-0.25, -0.2) is 0 Å². The monoisotopic (exact) mass is 989 g/mol. The van der Waals surface area contributed by atoms with Crippen LogP contribution in [0.5, 0.6) is 0 Å². The Hall–Kier alpha value is -6.06. The summed E-state index contributed by atoms with van der Waals surface area (Å²) in [6, 6.07) is 66.7. The summed E-state index contributed by atoms with van der Waals surface area (Å²) in [5.41, 5.74) is 18.5. The second-order valence-electron chi connectivity index (χ2n) is 21.7. The van der Waals surface area contributed by atoms with Gasteiger partial charge in [-0.1, -0.05) is 220 Å². The third-order valence-corrected chi connectivity index (χ3v) is 14.5. The van der Waals surface area contributed by atoms with Crippen LogP contribution in [0.15, 0.2) is 182 Å². The maximum atomic E-state index is 7.09. The molecule has 0 N–H and O–H groups in total. The number of unbranched alkanes of at least 4 members (excludes halogenated alkanes) is 6. The molecule has 0 aliphatic carbocycles. The summed E-state index contributed by atoms with van der Waals surface area (Å²) < 4.78 is 0. The first kappa shape index (κ1) is 52.3. The van der Waals surface area contributed by atoms with Crippen molar-refractivity contribution >= 4 is 57.3 Å². The molecule has 0 amide bonds. The zero-order valence-electron chi connectivity index (χ0n) is 44.0. The maximum Gasteiger partial charge on any atom is 0.0618 e. The van der Waals surface area contributed by atoms with E-state index in [-0.39, 0.29) is 10.8 Å². The van der Waals surface area contributed by atoms with Crippen molar-refractivity contribution in [2.45, 2.75) is 130 Å². The third kappa shape index (κ3) is 12.6. The lowest BCUT2D eigenvalue weighted by atomic mass is 9.81. The highest BCUT2D eigenvalue weighted by molar-refractivity contribution is 6.31. The largest absolute Gasteiger partial charge is 0.310 e. The second kappa shape index (κ2) is 23.7. The van der Waals surface area contributed by atoms with E-state index in [4.69, 9.17) is 23.2 Å². The molecule has 0 spiro atoms. The molecule has 0 bridgehead atoms.